The number of nitrogens with zero attached hydrogens (tertiary/aromatic N) is 2. The zero-order valence-corrected chi connectivity index (χ0v) is 9.40. The fourth-order valence-electron chi connectivity index (χ4n) is 2.16. The number of methoxy groups -OCH3 is 1. The minimum Gasteiger partial charge on any atom is -0.453 e. The first kappa shape index (κ1) is 11.8. The molecule has 0 spiro atoms. The maximum absolute atomic E-state index is 11.3. The van der Waals surface area contributed by atoms with Gasteiger partial charge in [-0.15, -0.1) is 0 Å². The lowest BCUT2D eigenvalue weighted by molar-refractivity contribution is 0.102. The maximum atomic E-state index is 11.3. The first-order valence-corrected chi connectivity index (χ1v) is 5.36. The summed E-state index contributed by atoms with van der Waals surface area (Å²) < 4.78 is 4.67. The summed E-state index contributed by atoms with van der Waals surface area (Å²) in [6, 6.07) is 2.49. The molecular weight excluding hydrogens is 192 g/mol. The highest BCUT2D eigenvalue weighted by Gasteiger charge is 2.26. The molecule has 0 radical (unpaired) electrons. The predicted octanol–water partition coefficient (Wildman–Crippen LogP) is 2.16. The van der Waals surface area contributed by atoms with Gasteiger partial charge in [0.25, 0.3) is 0 Å². The average Bonchev–Trinajstić information content (AvgIpc) is 2.28. The van der Waals surface area contributed by atoms with Crippen molar-refractivity contribution in [2.24, 2.45) is 5.92 Å². The first-order valence-electron chi connectivity index (χ1n) is 5.36. The van der Waals surface area contributed by atoms with Crippen molar-refractivity contribution in [3.63, 3.8) is 0 Å². The van der Waals surface area contributed by atoms with Crippen LogP contribution in [0.1, 0.15) is 32.1 Å². The monoisotopic (exact) mass is 210 g/mol. The molecule has 0 aromatic rings. The lowest BCUT2D eigenvalue weighted by Crippen LogP contribution is -2.39. The van der Waals surface area contributed by atoms with Crippen molar-refractivity contribution in [3.8, 4) is 6.07 Å². The molecule has 0 unspecified atom stereocenters. The number of carbonyl (C=O) groups excluding carboxylic acids is 1. The maximum Gasteiger partial charge on any atom is 0.409 e. The van der Waals surface area contributed by atoms with Crippen molar-refractivity contribution in [1.29, 1.82) is 5.26 Å². The molecule has 0 aromatic heterocycles. The van der Waals surface area contributed by atoms with Crippen molar-refractivity contribution in [2.75, 3.05) is 14.2 Å². The van der Waals surface area contributed by atoms with Gasteiger partial charge in [0.15, 0.2) is 0 Å². The van der Waals surface area contributed by atoms with E-state index in [1.165, 1.54) is 7.11 Å². The van der Waals surface area contributed by atoms with Gasteiger partial charge in [-0.25, -0.2) is 4.79 Å². The van der Waals surface area contributed by atoms with Gasteiger partial charge in [0.2, 0.25) is 0 Å². The number of hydrogen-bond acceptors (Lipinski definition) is 3. The molecule has 1 fully saturated rings. The van der Waals surface area contributed by atoms with Crippen LogP contribution in [0, 0.1) is 17.2 Å². The van der Waals surface area contributed by atoms with Gasteiger partial charge in [-0.2, -0.15) is 5.26 Å². The number of nitriles is 1. The Hall–Kier alpha value is -1.24. The van der Waals surface area contributed by atoms with E-state index in [9.17, 15) is 4.79 Å². The lowest BCUT2D eigenvalue weighted by Gasteiger charge is -2.33. The minimum absolute atomic E-state index is 0.265. The van der Waals surface area contributed by atoms with Gasteiger partial charge >= 0.3 is 6.09 Å². The lowest BCUT2D eigenvalue weighted by atomic mass is 9.84. The molecule has 0 bridgehead atoms. The van der Waals surface area contributed by atoms with Crippen LogP contribution in [-0.2, 0) is 4.74 Å². The quantitative estimate of drug-likeness (QED) is 0.701. The van der Waals surface area contributed by atoms with Crippen LogP contribution >= 0.6 is 0 Å². The molecule has 0 aromatic carbocycles. The molecule has 0 saturated heterocycles. The van der Waals surface area contributed by atoms with Crippen molar-refractivity contribution >= 4 is 6.09 Å². The summed E-state index contributed by atoms with van der Waals surface area (Å²) in [6.07, 6.45) is 4.43. The minimum atomic E-state index is -0.265. The number of amides is 1. The van der Waals surface area contributed by atoms with E-state index in [-0.39, 0.29) is 12.1 Å². The Kier molecular flexibility index (Phi) is 4.41. The molecule has 0 N–H and O–H groups in total. The zero-order valence-electron chi connectivity index (χ0n) is 9.40. The second kappa shape index (κ2) is 5.59. The van der Waals surface area contributed by atoms with Crippen molar-refractivity contribution in [2.45, 2.75) is 38.1 Å². The number of rotatable bonds is 2. The predicted molar refractivity (Wildman–Crippen MR) is 56.1 cm³/mol. The van der Waals surface area contributed by atoms with Crippen molar-refractivity contribution in [1.82, 2.24) is 4.90 Å². The van der Waals surface area contributed by atoms with Crippen LogP contribution < -0.4 is 0 Å². The van der Waals surface area contributed by atoms with Crippen LogP contribution in [0.4, 0.5) is 4.79 Å². The van der Waals surface area contributed by atoms with E-state index < -0.39 is 0 Å². The summed E-state index contributed by atoms with van der Waals surface area (Å²) in [6.45, 7) is 0. The highest BCUT2D eigenvalue weighted by atomic mass is 16.5. The topological polar surface area (TPSA) is 53.3 Å². The summed E-state index contributed by atoms with van der Waals surface area (Å²) in [5.74, 6) is 0.525. The highest BCUT2D eigenvalue weighted by molar-refractivity contribution is 5.67. The van der Waals surface area contributed by atoms with Gasteiger partial charge in [-0.05, 0) is 31.6 Å². The Bertz CT molecular complexity index is 252. The third-order valence-corrected chi connectivity index (χ3v) is 3.21. The number of carbonyl (C=O) groups is 1. The van der Waals surface area contributed by atoms with Crippen LogP contribution in [0.15, 0.2) is 0 Å². The Morgan fingerprint density at radius 1 is 1.47 bits per heavy atom. The normalized spacial score (nSPS) is 25.4. The third-order valence-electron chi connectivity index (χ3n) is 3.21. The molecule has 1 saturated carbocycles. The van der Waals surface area contributed by atoms with E-state index in [0.29, 0.717) is 12.3 Å². The summed E-state index contributed by atoms with van der Waals surface area (Å²) in [5.41, 5.74) is 0. The number of ether oxygens (including phenoxy) is 1. The molecular formula is C11H18N2O2. The van der Waals surface area contributed by atoms with Crippen LogP contribution in [0.2, 0.25) is 0 Å². The van der Waals surface area contributed by atoms with Gasteiger partial charge in [0.05, 0.1) is 13.2 Å². The first-order chi connectivity index (χ1) is 7.19. The summed E-state index contributed by atoms with van der Waals surface area (Å²) in [4.78, 5) is 12.9. The summed E-state index contributed by atoms with van der Waals surface area (Å²) in [5, 5.41) is 8.59. The summed E-state index contributed by atoms with van der Waals surface area (Å²) in [7, 11) is 3.18. The fourth-order valence-corrected chi connectivity index (χ4v) is 2.16. The van der Waals surface area contributed by atoms with Gasteiger partial charge in [-0.1, -0.05) is 0 Å². The Morgan fingerprint density at radius 3 is 2.53 bits per heavy atom. The Balaban J connectivity index is 2.37. The molecule has 0 heterocycles. The van der Waals surface area contributed by atoms with Gasteiger partial charge < -0.3 is 9.64 Å². The molecule has 15 heavy (non-hydrogen) atoms. The molecule has 0 aliphatic heterocycles. The molecule has 1 aliphatic carbocycles. The van der Waals surface area contributed by atoms with Crippen LogP contribution in [0.5, 0.6) is 0 Å². The zero-order chi connectivity index (χ0) is 11.3. The third kappa shape index (κ3) is 3.12. The van der Waals surface area contributed by atoms with Crippen LogP contribution in [0.3, 0.4) is 0 Å². The molecule has 4 heteroatoms. The molecule has 1 aliphatic rings. The van der Waals surface area contributed by atoms with E-state index in [2.05, 4.69) is 10.8 Å². The van der Waals surface area contributed by atoms with E-state index >= 15 is 0 Å². The molecule has 4 nitrogen and oxygen atoms in total. The van der Waals surface area contributed by atoms with E-state index in [1.807, 2.05) is 0 Å². The highest BCUT2D eigenvalue weighted by Crippen LogP contribution is 2.28. The Morgan fingerprint density at radius 2 is 2.07 bits per heavy atom. The van der Waals surface area contributed by atoms with E-state index in [0.717, 1.165) is 25.7 Å². The fraction of sp³-hybridized carbons (Fsp3) is 0.818. The Labute approximate surface area is 90.8 Å². The average molecular weight is 210 g/mol. The molecule has 84 valence electrons. The van der Waals surface area contributed by atoms with E-state index in [1.54, 1.807) is 11.9 Å². The second-order valence-corrected chi connectivity index (χ2v) is 4.12. The number of hydrogen-bond donors (Lipinski definition) is 0. The molecule has 0 atom stereocenters. The van der Waals surface area contributed by atoms with Crippen molar-refractivity contribution in [3.05, 3.63) is 0 Å². The molecule has 1 amide bonds. The SMILES string of the molecule is COC(=O)N(C)C1CCC(CC#N)CC1. The summed E-state index contributed by atoms with van der Waals surface area (Å²) >= 11 is 0. The van der Waals surface area contributed by atoms with Crippen LogP contribution in [0.25, 0.3) is 0 Å². The van der Waals surface area contributed by atoms with Gasteiger partial charge in [0.1, 0.15) is 0 Å². The van der Waals surface area contributed by atoms with E-state index in [4.69, 9.17) is 5.26 Å². The standard InChI is InChI=1S/C11H18N2O2/c1-13(11(14)15-2)10-5-3-9(4-6-10)7-8-12/h9-10H,3-7H2,1-2H3. The molecule has 1 rings (SSSR count). The second-order valence-electron chi connectivity index (χ2n) is 4.12. The van der Waals surface area contributed by atoms with Gasteiger partial charge in [-0.3, -0.25) is 0 Å². The van der Waals surface area contributed by atoms with Crippen LogP contribution in [-0.4, -0.2) is 31.2 Å². The smallest absolute Gasteiger partial charge is 0.409 e. The van der Waals surface area contributed by atoms with Gasteiger partial charge in [0, 0.05) is 19.5 Å². The van der Waals surface area contributed by atoms with Crippen molar-refractivity contribution < 1.29 is 9.53 Å². The largest absolute Gasteiger partial charge is 0.453 e.